The van der Waals surface area contributed by atoms with Gasteiger partial charge in [-0.25, -0.2) is 14.4 Å². The molecule has 0 fully saturated rings. The van der Waals surface area contributed by atoms with Gasteiger partial charge in [-0.05, 0) is 101 Å². The SMILES string of the molecule is CC(C)C[C@H](NC(=O)OC(C)(C)C)C(=O)C[C@@H](Cc1ccccc1)C(=O)OCc1ccccc1.CC(C)C[C@H](NC(=O)OC(C)(C)C)C(=O)O.N[C@@H](Cc1ccccc1)C(=O)OCc1ccccc1. The van der Waals surface area contributed by atoms with E-state index in [4.69, 9.17) is 29.8 Å². The van der Waals surface area contributed by atoms with Crippen molar-refractivity contribution >= 4 is 35.9 Å². The molecule has 0 radical (unpaired) electrons. The molecule has 5 N–H and O–H groups in total. The fraction of sp³-hybridized carbons (Fsp3) is 0.455. The molecular weight excluding hydrogens is 879 g/mol. The van der Waals surface area contributed by atoms with Crippen molar-refractivity contribution < 1.29 is 52.8 Å². The first-order chi connectivity index (χ1) is 32.4. The van der Waals surface area contributed by atoms with E-state index >= 15 is 0 Å². The summed E-state index contributed by atoms with van der Waals surface area (Å²) in [5.74, 6) is -2.35. The monoisotopic (exact) mass is 954 g/mol. The second-order valence-electron chi connectivity index (χ2n) is 19.5. The van der Waals surface area contributed by atoms with Crippen LogP contribution in [0.1, 0.15) is 111 Å². The van der Waals surface area contributed by atoms with Gasteiger partial charge in [0.2, 0.25) is 0 Å². The number of carbonyl (C=O) groups excluding carboxylic acids is 5. The number of carboxylic acid groups (broad SMARTS) is 1. The summed E-state index contributed by atoms with van der Waals surface area (Å²) in [6.07, 6.45) is 0.341. The molecule has 4 aromatic carbocycles. The van der Waals surface area contributed by atoms with Gasteiger partial charge in [0.1, 0.15) is 36.5 Å². The third-order valence-electron chi connectivity index (χ3n) is 9.64. The van der Waals surface area contributed by atoms with Gasteiger partial charge in [-0.3, -0.25) is 14.4 Å². The quantitative estimate of drug-likeness (QED) is 0.0482. The first-order valence-electron chi connectivity index (χ1n) is 23.4. The van der Waals surface area contributed by atoms with Crippen LogP contribution >= 0.6 is 0 Å². The van der Waals surface area contributed by atoms with Gasteiger partial charge in [0.05, 0.1) is 12.0 Å². The number of Topliss-reactive ketones (excluding diaryl/α,β-unsaturated/α-hetero) is 1. The number of amides is 2. The summed E-state index contributed by atoms with van der Waals surface area (Å²) in [7, 11) is 0. The molecule has 69 heavy (non-hydrogen) atoms. The molecule has 2 amide bonds. The van der Waals surface area contributed by atoms with E-state index in [0.29, 0.717) is 25.7 Å². The van der Waals surface area contributed by atoms with Gasteiger partial charge in [-0.15, -0.1) is 0 Å². The fourth-order valence-electron chi connectivity index (χ4n) is 6.49. The van der Waals surface area contributed by atoms with Gasteiger partial charge < -0.3 is 40.4 Å². The zero-order chi connectivity index (χ0) is 51.6. The Hall–Kier alpha value is -6.54. The van der Waals surface area contributed by atoms with Crippen molar-refractivity contribution in [2.24, 2.45) is 23.5 Å². The fourth-order valence-corrected chi connectivity index (χ4v) is 6.49. The largest absolute Gasteiger partial charge is 0.480 e. The van der Waals surface area contributed by atoms with E-state index in [1.165, 1.54) is 0 Å². The van der Waals surface area contributed by atoms with Crippen molar-refractivity contribution in [3.05, 3.63) is 144 Å². The number of nitrogens with two attached hydrogens (primary N) is 1. The first-order valence-corrected chi connectivity index (χ1v) is 23.4. The van der Waals surface area contributed by atoms with Crippen LogP contribution in [0, 0.1) is 17.8 Å². The maximum absolute atomic E-state index is 13.3. The molecule has 0 unspecified atom stereocenters. The molecule has 4 atom stereocenters. The van der Waals surface area contributed by atoms with Gasteiger partial charge in [0.25, 0.3) is 0 Å². The molecule has 0 aromatic heterocycles. The van der Waals surface area contributed by atoms with Gasteiger partial charge in [-0.1, -0.05) is 149 Å². The van der Waals surface area contributed by atoms with Crippen molar-refractivity contribution in [3.8, 4) is 0 Å². The van der Waals surface area contributed by atoms with Gasteiger partial charge in [0.15, 0.2) is 5.78 Å². The number of esters is 2. The minimum Gasteiger partial charge on any atom is -0.480 e. The molecule has 0 aliphatic heterocycles. The summed E-state index contributed by atoms with van der Waals surface area (Å²) in [4.78, 5) is 72.7. The van der Waals surface area contributed by atoms with Crippen LogP contribution in [0.5, 0.6) is 0 Å². The summed E-state index contributed by atoms with van der Waals surface area (Å²) in [6.45, 7) is 18.6. The van der Waals surface area contributed by atoms with Crippen LogP contribution in [0.15, 0.2) is 121 Å². The summed E-state index contributed by atoms with van der Waals surface area (Å²) in [6, 6.07) is 36.0. The number of hydrogen-bond acceptors (Lipinski definition) is 11. The van der Waals surface area contributed by atoms with Crippen molar-refractivity contribution in [2.75, 3.05) is 0 Å². The lowest BCUT2D eigenvalue weighted by atomic mass is 9.90. The lowest BCUT2D eigenvalue weighted by molar-refractivity contribution is -0.151. The third-order valence-corrected chi connectivity index (χ3v) is 9.64. The van der Waals surface area contributed by atoms with E-state index in [0.717, 1.165) is 22.3 Å². The molecular formula is C55H75N3O11. The Morgan fingerprint density at radius 3 is 1.25 bits per heavy atom. The highest BCUT2D eigenvalue weighted by Gasteiger charge is 2.31. The lowest BCUT2D eigenvalue weighted by Gasteiger charge is -2.25. The van der Waals surface area contributed by atoms with E-state index in [-0.39, 0.29) is 43.2 Å². The second kappa shape index (κ2) is 30.1. The van der Waals surface area contributed by atoms with Crippen molar-refractivity contribution in [2.45, 2.75) is 144 Å². The molecule has 14 nitrogen and oxygen atoms in total. The Balaban J connectivity index is 0.000000393. The maximum atomic E-state index is 13.3. The summed E-state index contributed by atoms with van der Waals surface area (Å²) < 4.78 is 21.1. The molecule has 0 saturated heterocycles. The smallest absolute Gasteiger partial charge is 0.408 e. The average Bonchev–Trinajstić information content (AvgIpc) is 3.27. The predicted molar refractivity (Wildman–Crippen MR) is 267 cm³/mol. The van der Waals surface area contributed by atoms with Gasteiger partial charge >= 0.3 is 30.1 Å². The molecule has 4 rings (SSSR count). The Morgan fingerprint density at radius 1 is 0.522 bits per heavy atom. The predicted octanol–water partition coefficient (Wildman–Crippen LogP) is 9.80. The van der Waals surface area contributed by atoms with Crippen LogP contribution in [-0.4, -0.2) is 70.3 Å². The van der Waals surface area contributed by atoms with Crippen LogP contribution in [0.2, 0.25) is 0 Å². The van der Waals surface area contributed by atoms with E-state index in [9.17, 15) is 28.8 Å². The third kappa shape index (κ3) is 27.2. The molecule has 4 aromatic rings. The number of carboxylic acids is 1. The normalized spacial score (nSPS) is 12.8. The zero-order valence-corrected chi connectivity index (χ0v) is 42.1. The van der Waals surface area contributed by atoms with Gasteiger partial charge in [-0.2, -0.15) is 0 Å². The number of benzene rings is 4. The molecule has 0 aliphatic carbocycles. The zero-order valence-electron chi connectivity index (χ0n) is 42.1. The summed E-state index contributed by atoms with van der Waals surface area (Å²) in [5.41, 5.74) is 8.36. The number of nitrogens with one attached hydrogen (secondary N) is 2. The highest BCUT2D eigenvalue weighted by atomic mass is 16.6. The van der Waals surface area contributed by atoms with E-state index in [2.05, 4.69) is 10.6 Å². The van der Waals surface area contributed by atoms with Crippen LogP contribution in [0.3, 0.4) is 0 Å². The molecule has 0 heterocycles. The van der Waals surface area contributed by atoms with Crippen LogP contribution in [0.4, 0.5) is 9.59 Å². The van der Waals surface area contributed by atoms with Crippen LogP contribution < -0.4 is 16.4 Å². The Morgan fingerprint density at radius 2 is 0.870 bits per heavy atom. The molecule has 0 spiro atoms. The Bertz CT molecular complexity index is 2140. The number of hydrogen-bond donors (Lipinski definition) is 4. The number of ether oxygens (including phenoxy) is 4. The minimum absolute atomic E-state index is 0.0320. The molecule has 14 heteroatoms. The average molecular weight is 954 g/mol. The van der Waals surface area contributed by atoms with Crippen LogP contribution in [-0.2, 0) is 64.2 Å². The number of aliphatic carboxylic acids is 1. The molecule has 0 bridgehead atoms. The first kappa shape index (κ1) is 58.6. The number of carbonyl (C=O) groups is 6. The van der Waals surface area contributed by atoms with Crippen molar-refractivity contribution in [1.29, 1.82) is 0 Å². The van der Waals surface area contributed by atoms with E-state index in [1.54, 1.807) is 41.5 Å². The summed E-state index contributed by atoms with van der Waals surface area (Å²) in [5, 5.41) is 14.0. The summed E-state index contributed by atoms with van der Waals surface area (Å²) >= 11 is 0. The van der Waals surface area contributed by atoms with Gasteiger partial charge in [0, 0.05) is 6.42 Å². The Kier molecular flexibility index (Phi) is 25.5. The van der Waals surface area contributed by atoms with E-state index in [1.807, 2.05) is 149 Å². The molecule has 0 aliphatic rings. The highest BCUT2D eigenvalue weighted by Crippen LogP contribution is 2.20. The maximum Gasteiger partial charge on any atom is 0.408 e. The van der Waals surface area contributed by atoms with E-state index < -0.39 is 59.4 Å². The number of rotatable bonds is 20. The van der Waals surface area contributed by atoms with Crippen molar-refractivity contribution in [3.63, 3.8) is 0 Å². The molecule has 0 saturated carbocycles. The number of ketones is 1. The lowest BCUT2D eigenvalue weighted by Crippen LogP contribution is -2.45. The topological polar surface area (TPSA) is 210 Å². The second-order valence-corrected chi connectivity index (χ2v) is 19.5. The van der Waals surface area contributed by atoms with Crippen LogP contribution in [0.25, 0.3) is 0 Å². The van der Waals surface area contributed by atoms with Crippen molar-refractivity contribution in [1.82, 2.24) is 10.6 Å². The standard InChI is InChI=1S/C28H37NO5.C16H17NO2.C11H21NO4/c1-20(2)16-24(29-27(32)34-28(3,4)5)25(30)18-23(17-21-12-8-6-9-13-21)26(31)33-19-22-14-10-7-11-15-22;17-15(11-13-7-3-1-4-8-13)16(18)19-12-14-9-5-2-6-10-14;1-7(2)6-8(9(13)14)12-10(15)16-11(3,4)5/h6-15,20,23-24H,16-19H2,1-5H3,(H,29,32);1-10,15H,11-12,17H2;7-8H,6H2,1-5H3,(H,12,15)(H,13,14)/t23-,24+;15-;8-/m100/s1. The Labute approximate surface area is 409 Å². The minimum atomic E-state index is -1.04. The number of alkyl carbamates (subject to hydrolysis) is 2. The molecule has 376 valence electrons. The highest BCUT2D eigenvalue weighted by molar-refractivity contribution is 5.90.